The van der Waals surface area contributed by atoms with E-state index in [1.807, 2.05) is 26.8 Å². The minimum atomic E-state index is -0.477. The van der Waals surface area contributed by atoms with Crippen LogP contribution in [0.15, 0.2) is 18.2 Å². The third-order valence-corrected chi connectivity index (χ3v) is 3.72. The molecule has 0 atom stereocenters. The molecule has 0 N–H and O–H groups in total. The Kier molecular flexibility index (Phi) is 5.29. The van der Waals surface area contributed by atoms with Gasteiger partial charge in [0.05, 0.1) is 5.02 Å². The second-order valence-corrected chi connectivity index (χ2v) is 6.90. The van der Waals surface area contributed by atoms with Gasteiger partial charge in [0.2, 0.25) is 0 Å². The summed E-state index contributed by atoms with van der Waals surface area (Å²) in [5.74, 6) is -0.397. The maximum absolute atomic E-state index is 13.4. The molecule has 6 heteroatoms. The van der Waals surface area contributed by atoms with Crippen molar-refractivity contribution >= 4 is 17.7 Å². The SMILES string of the molecule is CC(C)(C)OC(=O)N1CCN(Cc2ccc(Cl)c(F)c2)CC1. The zero-order chi connectivity index (χ0) is 16.3. The smallest absolute Gasteiger partial charge is 0.410 e. The molecule has 0 spiro atoms. The number of ether oxygens (including phenoxy) is 1. The molecular formula is C16H22ClFN2O2. The van der Waals surface area contributed by atoms with Crippen molar-refractivity contribution in [3.63, 3.8) is 0 Å². The largest absolute Gasteiger partial charge is 0.444 e. The quantitative estimate of drug-likeness (QED) is 0.832. The lowest BCUT2D eigenvalue weighted by Gasteiger charge is -2.35. The summed E-state index contributed by atoms with van der Waals surface area (Å²) in [6.45, 7) is 8.93. The van der Waals surface area contributed by atoms with Gasteiger partial charge in [0.1, 0.15) is 11.4 Å². The predicted molar refractivity (Wildman–Crippen MR) is 84.5 cm³/mol. The van der Waals surface area contributed by atoms with Crippen LogP contribution in [0.1, 0.15) is 26.3 Å². The Hall–Kier alpha value is -1.33. The third-order valence-electron chi connectivity index (χ3n) is 3.41. The Balaban J connectivity index is 1.84. The zero-order valence-electron chi connectivity index (χ0n) is 13.2. The first-order valence-electron chi connectivity index (χ1n) is 7.39. The highest BCUT2D eigenvalue weighted by molar-refractivity contribution is 6.30. The molecule has 1 fully saturated rings. The Labute approximate surface area is 135 Å². The maximum Gasteiger partial charge on any atom is 0.410 e. The average Bonchev–Trinajstić information content (AvgIpc) is 2.42. The molecule has 1 aliphatic rings. The lowest BCUT2D eigenvalue weighted by Crippen LogP contribution is -2.49. The lowest BCUT2D eigenvalue weighted by molar-refractivity contribution is 0.0139. The number of nitrogens with zero attached hydrogens (tertiary/aromatic N) is 2. The number of piperazine rings is 1. The van der Waals surface area contributed by atoms with E-state index in [9.17, 15) is 9.18 Å². The fourth-order valence-corrected chi connectivity index (χ4v) is 2.43. The average molecular weight is 329 g/mol. The van der Waals surface area contributed by atoms with E-state index in [1.54, 1.807) is 11.0 Å². The van der Waals surface area contributed by atoms with Crippen LogP contribution in [0.2, 0.25) is 5.02 Å². The number of benzene rings is 1. The van der Waals surface area contributed by atoms with Crippen molar-refractivity contribution in [3.05, 3.63) is 34.6 Å². The molecule has 1 aromatic rings. The summed E-state index contributed by atoms with van der Waals surface area (Å²) in [5.41, 5.74) is 0.405. The van der Waals surface area contributed by atoms with Gasteiger partial charge >= 0.3 is 6.09 Å². The number of rotatable bonds is 2. The van der Waals surface area contributed by atoms with Gasteiger partial charge in [-0.15, -0.1) is 0 Å². The van der Waals surface area contributed by atoms with Crippen LogP contribution in [0.3, 0.4) is 0 Å². The molecule has 22 heavy (non-hydrogen) atoms. The maximum atomic E-state index is 13.4. The van der Waals surface area contributed by atoms with Gasteiger partial charge in [-0.3, -0.25) is 4.90 Å². The van der Waals surface area contributed by atoms with Crippen LogP contribution in [-0.2, 0) is 11.3 Å². The topological polar surface area (TPSA) is 32.8 Å². The number of carbonyl (C=O) groups is 1. The molecule has 122 valence electrons. The second-order valence-electron chi connectivity index (χ2n) is 6.49. The van der Waals surface area contributed by atoms with Gasteiger partial charge < -0.3 is 9.64 Å². The minimum Gasteiger partial charge on any atom is -0.444 e. The first kappa shape index (κ1) is 17.0. The van der Waals surface area contributed by atoms with Crippen molar-refractivity contribution in [2.45, 2.75) is 32.9 Å². The molecule has 1 saturated heterocycles. The van der Waals surface area contributed by atoms with E-state index in [4.69, 9.17) is 16.3 Å². The monoisotopic (exact) mass is 328 g/mol. The van der Waals surface area contributed by atoms with Crippen molar-refractivity contribution in [2.24, 2.45) is 0 Å². The molecule has 0 saturated carbocycles. The fourth-order valence-electron chi connectivity index (χ4n) is 2.31. The molecule has 1 aliphatic heterocycles. The molecule has 0 radical (unpaired) electrons. The molecular weight excluding hydrogens is 307 g/mol. The van der Waals surface area contributed by atoms with Crippen molar-refractivity contribution in [1.29, 1.82) is 0 Å². The van der Waals surface area contributed by atoms with Crippen LogP contribution in [0.4, 0.5) is 9.18 Å². The van der Waals surface area contributed by atoms with E-state index in [2.05, 4.69) is 4.90 Å². The lowest BCUT2D eigenvalue weighted by atomic mass is 10.2. The highest BCUT2D eigenvalue weighted by Gasteiger charge is 2.25. The zero-order valence-corrected chi connectivity index (χ0v) is 14.0. The van der Waals surface area contributed by atoms with Gasteiger partial charge in [-0.1, -0.05) is 17.7 Å². The van der Waals surface area contributed by atoms with Crippen LogP contribution < -0.4 is 0 Å². The molecule has 0 aromatic heterocycles. The van der Waals surface area contributed by atoms with Gasteiger partial charge in [-0.25, -0.2) is 9.18 Å². The Morgan fingerprint density at radius 1 is 1.27 bits per heavy atom. The van der Waals surface area contributed by atoms with Crippen LogP contribution >= 0.6 is 11.6 Å². The summed E-state index contributed by atoms with van der Waals surface area (Å²) >= 11 is 5.68. The normalized spacial score (nSPS) is 16.7. The molecule has 1 aromatic carbocycles. The Morgan fingerprint density at radius 2 is 1.91 bits per heavy atom. The molecule has 0 bridgehead atoms. The van der Waals surface area contributed by atoms with Crippen LogP contribution in [-0.4, -0.2) is 47.7 Å². The molecule has 1 heterocycles. The van der Waals surface area contributed by atoms with Gasteiger partial charge in [0, 0.05) is 32.7 Å². The Bertz CT molecular complexity index is 537. The van der Waals surface area contributed by atoms with E-state index in [1.165, 1.54) is 6.07 Å². The summed E-state index contributed by atoms with van der Waals surface area (Å²) < 4.78 is 18.8. The van der Waals surface area contributed by atoms with Crippen molar-refractivity contribution in [3.8, 4) is 0 Å². The molecule has 4 nitrogen and oxygen atoms in total. The van der Waals surface area contributed by atoms with Gasteiger partial charge in [0.15, 0.2) is 0 Å². The van der Waals surface area contributed by atoms with E-state index in [0.29, 0.717) is 19.6 Å². The standard InChI is InChI=1S/C16H22ClFN2O2/c1-16(2,3)22-15(21)20-8-6-19(7-9-20)11-12-4-5-13(17)14(18)10-12/h4-5,10H,6-9,11H2,1-3H3. The summed E-state index contributed by atoms with van der Waals surface area (Å²) in [6, 6.07) is 4.86. The van der Waals surface area contributed by atoms with Crippen LogP contribution in [0, 0.1) is 5.82 Å². The highest BCUT2D eigenvalue weighted by atomic mass is 35.5. The summed E-state index contributed by atoms with van der Waals surface area (Å²) in [7, 11) is 0. The van der Waals surface area contributed by atoms with Crippen molar-refractivity contribution < 1.29 is 13.9 Å². The van der Waals surface area contributed by atoms with Gasteiger partial charge in [0.25, 0.3) is 0 Å². The Morgan fingerprint density at radius 3 is 2.45 bits per heavy atom. The molecule has 1 amide bonds. The second kappa shape index (κ2) is 6.84. The first-order valence-corrected chi connectivity index (χ1v) is 7.76. The molecule has 0 aliphatic carbocycles. The van der Waals surface area contributed by atoms with E-state index in [-0.39, 0.29) is 11.1 Å². The third kappa shape index (κ3) is 4.85. The summed E-state index contributed by atoms with van der Waals surface area (Å²) in [4.78, 5) is 15.9. The van der Waals surface area contributed by atoms with Crippen molar-refractivity contribution in [2.75, 3.05) is 26.2 Å². The summed E-state index contributed by atoms with van der Waals surface area (Å²) in [6.07, 6.45) is -0.273. The van der Waals surface area contributed by atoms with Crippen molar-refractivity contribution in [1.82, 2.24) is 9.80 Å². The van der Waals surface area contributed by atoms with Gasteiger partial charge in [-0.05, 0) is 38.5 Å². The van der Waals surface area contributed by atoms with Crippen LogP contribution in [0.5, 0.6) is 0 Å². The van der Waals surface area contributed by atoms with Gasteiger partial charge in [-0.2, -0.15) is 0 Å². The number of amides is 1. The highest BCUT2D eigenvalue weighted by Crippen LogP contribution is 2.18. The number of halogens is 2. The first-order chi connectivity index (χ1) is 10.2. The molecule has 0 unspecified atom stereocenters. The predicted octanol–water partition coefficient (Wildman–Crippen LogP) is 3.53. The van der Waals surface area contributed by atoms with E-state index in [0.717, 1.165) is 18.7 Å². The fraction of sp³-hybridized carbons (Fsp3) is 0.562. The number of hydrogen-bond acceptors (Lipinski definition) is 3. The van der Waals surface area contributed by atoms with E-state index >= 15 is 0 Å². The number of carbonyl (C=O) groups excluding carboxylic acids is 1. The van der Waals surface area contributed by atoms with E-state index < -0.39 is 11.4 Å². The molecule has 2 rings (SSSR count). The summed E-state index contributed by atoms with van der Waals surface area (Å²) in [5, 5.41) is 0.137. The van der Waals surface area contributed by atoms with Crippen LogP contribution in [0.25, 0.3) is 0 Å². The number of hydrogen-bond donors (Lipinski definition) is 0. The minimum absolute atomic E-state index is 0.137.